The van der Waals surface area contributed by atoms with Gasteiger partial charge in [-0.3, -0.25) is 4.79 Å². The third kappa shape index (κ3) is 4.00. The molecule has 0 saturated carbocycles. The lowest BCUT2D eigenvalue weighted by Gasteiger charge is -2.24. The van der Waals surface area contributed by atoms with E-state index in [2.05, 4.69) is 10.3 Å². The highest BCUT2D eigenvalue weighted by Gasteiger charge is 2.19. The van der Waals surface area contributed by atoms with Crippen LogP contribution in [-0.4, -0.2) is 35.1 Å². The number of anilines is 1. The summed E-state index contributed by atoms with van der Waals surface area (Å²) in [5, 5.41) is 7.62. The normalized spacial score (nSPS) is 10.4. The minimum atomic E-state index is -0.105. The lowest BCUT2D eigenvalue weighted by molar-refractivity contribution is -0.119. The molecule has 1 aromatic heterocycles. The van der Waals surface area contributed by atoms with Crippen LogP contribution >= 0.6 is 0 Å². The summed E-state index contributed by atoms with van der Waals surface area (Å²) >= 11 is 0. The van der Waals surface area contributed by atoms with E-state index in [1.807, 2.05) is 36.4 Å². The summed E-state index contributed by atoms with van der Waals surface area (Å²) in [6, 6.07) is 15.2. The highest BCUT2D eigenvalue weighted by atomic mass is 16.5. The van der Waals surface area contributed by atoms with Gasteiger partial charge in [0, 0.05) is 18.0 Å². The summed E-state index contributed by atoms with van der Waals surface area (Å²) in [6.45, 7) is 0.533. The molecule has 7 nitrogen and oxygen atoms in total. The van der Waals surface area contributed by atoms with E-state index < -0.39 is 0 Å². The summed E-state index contributed by atoms with van der Waals surface area (Å²) in [7, 11) is 3.15. The van der Waals surface area contributed by atoms with E-state index in [9.17, 15) is 4.79 Å². The molecule has 0 radical (unpaired) electrons. The number of aromatic nitrogens is 3. The third-order valence-corrected chi connectivity index (χ3v) is 3.93. The standard InChI is InChI=1S/C19H20N4O3/c1-25-17-9-8-16(12-18(17)26-2)23(13-15-6-4-3-5-7-15)19(24)14-22-11-10-20-21-22/h3-12H,13-14H2,1-2H3. The molecule has 2 aromatic carbocycles. The summed E-state index contributed by atoms with van der Waals surface area (Å²) in [5.74, 6) is 1.07. The number of rotatable bonds is 7. The number of carbonyl (C=O) groups is 1. The lowest BCUT2D eigenvalue weighted by atomic mass is 10.2. The molecule has 0 saturated heterocycles. The SMILES string of the molecule is COc1ccc(N(Cc2ccccc2)C(=O)Cn2ccnn2)cc1OC. The topological polar surface area (TPSA) is 69.5 Å². The maximum absolute atomic E-state index is 12.9. The molecule has 0 spiro atoms. The molecule has 3 rings (SSSR count). The van der Waals surface area contributed by atoms with Crippen molar-refractivity contribution in [1.82, 2.24) is 15.0 Å². The summed E-state index contributed by atoms with van der Waals surface area (Å²) in [4.78, 5) is 14.6. The largest absolute Gasteiger partial charge is 0.493 e. The van der Waals surface area contributed by atoms with E-state index in [1.165, 1.54) is 4.68 Å². The number of benzene rings is 2. The van der Waals surface area contributed by atoms with E-state index in [0.717, 1.165) is 11.3 Å². The van der Waals surface area contributed by atoms with Crippen LogP contribution in [0.4, 0.5) is 5.69 Å². The number of nitrogens with zero attached hydrogens (tertiary/aromatic N) is 4. The average molecular weight is 352 g/mol. The maximum atomic E-state index is 12.9. The van der Waals surface area contributed by atoms with Crippen LogP contribution in [0.5, 0.6) is 11.5 Å². The Morgan fingerprint density at radius 1 is 1.08 bits per heavy atom. The van der Waals surface area contributed by atoms with Crippen molar-refractivity contribution in [3.05, 3.63) is 66.5 Å². The highest BCUT2D eigenvalue weighted by Crippen LogP contribution is 2.32. The molecule has 1 heterocycles. The smallest absolute Gasteiger partial charge is 0.249 e. The number of carbonyl (C=O) groups excluding carboxylic acids is 1. The van der Waals surface area contributed by atoms with Gasteiger partial charge in [-0.25, -0.2) is 4.68 Å². The van der Waals surface area contributed by atoms with Gasteiger partial charge in [-0.1, -0.05) is 35.5 Å². The first-order chi connectivity index (χ1) is 12.7. The van der Waals surface area contributed by atoms with E-state index in [-0.39, 0.29) is 12.5 Å². The number of amides is 1. The third-order valence-electron chi connectivity index (χ3n) is 3.93. The van der Waals surface area contributed by atoms with Crippen LogP contribution in [0.1, 0.15) is 5.56 Å². The van der Waals surface area contributed by atoms with Gasteiger partial charge in [0.15, 0.2) is 11.5 Å². The van der Waals surface area contributed by atoms with Crippen molar-refractivity contribution in [3.8, 4) is 11.5 Å². The van der Waals surface area contributed by atoms with E-state index >= 15 is 0 Å². The van der Waals surface area contributed by atoms with Gasteiger partial charge in [0.25, 0.3) is 0 Å². The first kappa shape index (κ1) is 17.5. The monoisotopic (exact) mass is 352 g/mol. The fourth-order valence-corrected chi connectivity index (χ4v) is 2.62. The minimum absolute atomic E-state index is 0.0984. The fraction of sp³-hybridized carbons (Fsp3) is 0.211. The molecule has 0 atom stereocenters. The van der Waals surface area contributed by atoms with Crippen molar-refractivity contribution in [2.24, 2.45) is 0 Å². The van der Waals surface area contributed by atoms with Gasteiger partial charge in [0.1, 0.15) is 6.54 Å². The van der Waals surface area contributed by atoms with Gasteiger partial charge >= 0.3 is 0 Å². The predicted molar refractivity (Wildman–Crippen MR) is 97.2 cm³/mol. The van der Waals surface area contributed by atoms with E-state index in [0.29, 0.717) is 18.0 Å². The van der Waals surface area contributed by atoms with Crippen molar-refractivity contribution >= 4 is 11.6 Å². The Bertz CT molecular complexity index is 850. The second-order valence-electron chi connectivity index (χ2n) is 5.61. The molecule has 26 heavy (non-hydrogen) atoms. The maximum Gasteiger partial charge on any atom is 0.249 e. The minimum Gasteiger partial charge on any atom is -0.493 e. The zero-order valence-corrected chi connectivity index (χ0v) is 14.7. The number of hydrogen-bond donors (Lipinski definition) is 0. The summed E-state index contributed by atoms with van der Waals surface area (Å²) in [5.41, 5.74) is 1.74. The fourth-order valence-electron chi connectivity index (χ4n) is 2.62. The molecule has 3 aromatic rings. The first-order valence-electron chi connectivity index (χ1n) is 8.11. The molecular formula is C19H20N4O3. The van der Waals surface area contributed by atoms with Gasteiger partial charge in [0.05, 0.1) is 27.0 Å². The van der Waals surface area contributed by atoms with Crippen molar-refractivity contribution in [2.45, 2.75) is 13.1 Å². The second kappa shape index (κ2) is 8.15. The van der Waals surface area contributed by atoms with Gasteiger partial charge in [-0.05, 0) is 17.7 Å². The van der Waals surface area contributed by atoms with E-state index in [1.54, 1.807) is 43.6 Å². The average Bonchev–Trinajstić information content (AvgIpc) is 3.19. The summed E-state index contributed by atoms with van der Waals surface area (Å²) < 4.78 is 12.2. The molecule has 0 aliphatic heterocycles. The van der Waals surface area contributed by atoms with Crippen LogP contribution < -0.4 is 14.4 Å². The zero-order valence-electron chi connectivity index (χ0n) is 14.7. The molecule has 0 unspecified atom stereocenters. The lowest BCUT2D eigenvalue weighted by Crippen LogP contribution is -2.33. The van der Waals surface area contributed by atoms with Crippen LogP contribution in [0.2, 0.25) is 0 Å². The quantitative estimate of drug-likeness (QED) is 0.653. The van der Waals surface area contributed by atoms with Gasteiger partial charge in [-0.2, -0.15) is 0 Å². The Kier molecular flexibility index (Phi) is 5.48. The molecule has 0 fully saturated rings. The van der Waals surface area contributed by atoms with Crippen molar-refractivity contribution in [2.75, 3.05) is 19.1 Å². The van der Waals surface area contributed by atoms with Crippen molar-refractivity contribution in [1.29, 1.82) is 0 Å². The summed E-state index contributed by atoms with van der Waals surface area (Å²) in [6.07, 6.45) is 3.21. The predicted octanol–water partition coefficient (Wildman–Crippen LogP) is 2.53. The molecule has 134 valence electrons. The van der Waals surface area contributed by atoms with Crippen LogP contribution in [0.3, 0.4) is 0 Å². The second-order valence-corrected chi connectivity index (χ2v) is 5.61. The van der Waals surface area contributed by atoms with Crippen LogP contribution in [-0.2, 0) is 17.9 Å². The molecule has 0 N–H and O–H groups in total. The van der Waals surface area contributed by atoms with E-state index in [4.69, 9.17) is 9.47 Å². The van der Waals surface area contributed by atoms with Crippen LogP contribution in [0, 0.1) is 0 Å². The molecule has 1 amide bonds. The highest BCUT2D eigenvalue weighted by molar-refractivity contribution is 5.93. The Balaban J connectivity index is 1.92. The Morgan fingerprint density at radius 3 is 2.50 bits per heavy atom. The molecule has 0 aliphatic rings. The van der Waals surface area contributed by atoms with Crippen molar-refractivity contribution in [3.63, 3.8) is 0 Å². The molecule has 7 heteroatoms. The van der Waals surface area contributed by atoms with Gasteiger partial charge < -0.3 is 14.4 Å². The molecule has 0 aliphatic carbocycles. The van der Waals surface area contributed by atoms with Gasteiger partial charge in [-0.15, -0.1) is 5.10 Å². The van der Waals surface area contributed by atoms with Crippen LogP contribution in [0.15, 0.2) is 60.9 Å². The first-order valence-corrected chi connectivity index (χ1v) is 8.11. The Hall–Kier alpha value is -3.35. The van der Waals surface area contributed by atoms with Crippen molar-refractivity contribution < 1.29 is 14.3 Å². The molecule has 0 bridgehead atoms. The Labute approximate surface area is 151 Å². The Morgan fingerprint density at radius 2 is 1.85 bits per heavy atom. The number of methoxy groups -OCH3 is 2. The zero-order chi connectivity index (χ0) is 18.4. The molecular weight excluding hydrogens is 332 g/mol. The van der Waals surface area contributed by atoms with Crippen LogP contribution in [0.25, 0.3) is 0 Å². The number of hydrogen-bond acceptors (Lipinski definition) is 5. The number of ether oxygens (including phenoxy) is 2. The van der Waals surface area contributed by atoms with Gasteiger partial charge in [0.2, 0.25) is 5.91 Å².